The van der Waals surface area contributed by atoms with Crippen LogP contribution < -0.4 is 5.69 Å². The van der Waals surface area contributed by atoms with Gasteiger partial charge < -0.3 is 14.4 Å². The number of ether oxygens (including phenoxy) is 2. The van der Waals surface area contributed by atoms with Gasteiger partial charge in [-0.1, -0.05) is 12.1 Å². The molecule has 1 spiro atoms. The Morgan fingerprint density at radius 3 is 2.64 bits per heavy atom. The Balaban J connectivity index is 1.11. The summed E-state index contributed by atoms with van der Waals surface area (Å²) in [7, 11) is 3.49. The summed E-state index contributed by atoms with van der Waals surface area (Å²) in [6.45, 7) is 6.25. The zero-order chi connectivity index (χ0) is 26.7. The fourth-order valence-corrected chi connectivity index (χ4v) is 6.42. The van der Waals surface area contributed by atoms with Crippen LogP contribution in [0, 0.1) is 5.41 Å². The van der Waals surface area contributed by atoms with E-state index in [2.05, 4.69) is 40.2 Å². The number of aromatic nitrogens is 5. The number of hydrogen-bond donors (Lipinski definition) is 0. The number of imidazole rings is 1. The highest BCUT2D eigenvalue weighted by atomic mass is 16.5. The smallest absolute Gasteiger partial charge is 0.330 e. The molecule has 9 heteroatoms. The van der Waals surface area contributed by atoms with E-state index in [4.69, 9.17) is 14.5 Å². The van der Waals surface area contributed by atoms with Crippen LogP contribution in [0.3, 0.4) is 0 Å². The largest absolute Gasteiger partial charge is 0.381 e. The van der Waals surface area contributed by atoms with Crippen molar-refractivity contribution in [1.82, 2.24) is 29.2 Å². The van der Waals surface area contributed by atoms with Crippen molar-refractivity contribution in [2.75, 3.05) is 33.4 Å². The highest BCUT2D eigenvalue weighted by Crippen LogP contribution is 2.52. The molecular weight excluding hydrogens is 492 g/mol. The number of fused-ring (bicyclic) bond motifs is 3. The van der Waals surface area contributed by atoms with E-state index in [1.807, 2.05) is 22.9 Å². The van der Waals surface area contributed by atoms with E-state index in [-0.39, 0.29) is 23.9 Å². The zero-order valence-electron chi connectivity index (χ0n) is 23.0. The molecule has 204 valence electrons. The highest BCUT2D eigenvalue weighted by molar-refractivity contribution is 6.02. The van der Waals surface area contributed by atoms with Crippen molar-refractivity contribution in [3.63, 3.8) is 0 Å². The van der Waals surface area contributed by atoms with Crippen molar-refractivity contribution < 1.29 is 9.47 Å². The molecule has 7 rings (SSSR count). The van der Waals surface area contributed by atoms with E-state index >= 15 is 0 Å². The van der Waals surface area contributed by atoms with Gasteiger partial charge in [0.05, 0.1) is 30.0 Å². The average Bonchev–Trinajstić information content (AvgIpc) is 3.50. The van der Waals surface area contributed by atoms with E-state index in [1.165, 1.54) is 32.4 Å². The summed E-state index contributed by atoms with van der Waals surface area (Å²) in [6.07, 6.45) is 7.87. The molecule has 39 heavy (non-hydrogen) atoms. The van der Waals surface area contributed by atoms with Crippen molar-refractivity contribution in [2.45, 2.75) is 57.3 Å². The third-order valence-electron chi connectivity index (χ3n) is 9.32. The third kappa shape index (κ3) is 4.37. The fraction of sp³-hybridized carbons (Fsp3) is 0.533. The molecule has 3 aliphatic rings. The number of likely N-dealkylation sites (tertiary alicyclic amines) is 1. The molecule has 0 bridgehead atoms. The Morgan fingerprint density at radius 1 is 1.10 bits per heavy atom. The van der Waals surface area contributed by atoms with Crippen LogP contribution in [0.25, 0.3) is 33.2 Å². The lowest BCUT2D eigenvalue weighted by atomic mass is 9.89. The summed E-state index contributed by atoms with van der Waals surface area (Å²) in [5.74, 6) is 0. The lowest BCUT2D eigenvalue weighted by molar-refractivity contribution is 0.00635. The van der Waals surface area contributed by atoms with Gasteiger partial charge in [0.1, 0.15) is 5.52 Å². The summed E-state index contributed by atoms with van der Waals surface area (Å²) in [5.41, 5.74) is 5.78. The monoisotopic (exact) mass is 528 g/mol. The predicted octanol–water partition coefficient (Wildman–Crippen LogP) is 4.26. The fourth-order valence-electron chi connectivity index (χ4n) is 6.42. The van der Waals surface area contributed by atoms with Gasteiger partial charge in [-0.3, -0.25) is 14.1 Å². The molecule has 4 aromatic rings. The minimum Gasteiger partial charge on any atom is -0.381 e. The van der Waals surface area contributed by atoms with Gasteiger partial charge in [-0.25, -0.2) is 4.79 Å². The summed E-state index contributed by atoms with van der Waals surface area (Å²) in [5, 5.41) is 9.73. The molecule has 3 fully saturated rings. The van der Waals surface area contributed by atoms with Crippen molar-refractivity contribution in [1.29, 1.82) is 0 Å². The number of hydrogen-bond acceptors (Lipinski definition) is 7. The van der Waals surface area contributed by atoms with E-state index < -0.39 is 0 Å². The maximum Gasteiger partial charge on any atom is 0.330 e. The molecular formula is C30H36N6O3. The van der Waals surface area contributed by atoms with Crippen LogP contribution in [0.2, 0.25) is 0 Å². The number of rotatable bonds is 8. The molecule has 1 aliphatic heterocycles. The first-order valence-electron chi connectivity index (χ1n) is 14.2. The zero-order valence-corrected chi connectivity index (χ0v) is 23.0. The van der Waals surface area contributed by atoms with Crippen LogP contribution >= 0.6 is 0 Å². The quantitative estimate of drug-likeness (QED) is 0.338. The van der Waals surface area contributed by atoms with E-state index in [9.17, 15) is 4.79 Å². The first-order valence-corrected chi connectivity index (χ1v) is 14.2. The Kier molecular flexibility index (Phi) is 6.06. The second-order valence-electron chi connectivity index (χ2n) is 11.8. The SMILES string of the molecule is COC1CC(n2c(=O)n(C)c3nnc4ccc(-c5ccc([C@@H](C)OCCN6CCC7(CC7)C6)nc5)cc4c32)C1. The van der Waals surface area contributed by atoms with Gasteiger partial charge in [0.25, 0.3) is 0 Å². The molecule has 1 atom stereocenters. The molecule has 0 radical (unpaired) electrons. The molecule has 3 aromatic heterocycles. The maximum absolute atomic E-state index is 13.2. The van der Waals surface area contributed by atoms with E-state index in [1.54, 1.807) is 18.7 Å². The Hall–Kier alpha value is -3.14. The van der Waals surface area contributed by atoms with Crippen LogP contribution in [0.1, 0.15) is 56.9 Å². The van der Waals surface area contributed by atoms with E-state index in [0.29, 0.717) is 11.1 Å². The van der Waals surface area contributed by atoms with Crippen LogP contribution in [0.4, 0.5) is 0 Å². The Morgan fingerprint density at radius 2 is 1.92 bits per heavy atom. The molecule has 4 heterocycles. The van der Waals surface area contributed by atoms with Gasteiger partial charge in [-0.2, -0.15) is 0 Å². The molecule has 9 nitrogen and oxygen atoms in total. The summed E-state index contributed by atoms with van der Waals surface area (Å²) < 4.78 is 15.1. The first-order chi connectivity index (χ1) is 18.9. The number of aryl methyl sites for hydroxylation is 1. The third-order valence-corrected chi connectivity index (χ3v) is 9.32. The number of nitrogens with zero attached hydrogens (tertiary/aromatic N) is 6. The number of pyridine rings is 1. The van der Waals surface area contributed by atoms with Crippen molar-refractivity contribution in [3.05, 3.63) is 52.7 Å². The van der Waals surface area contributed by atoms with Crippen LogP contribution in [-0.2, 0) is 16.5 Å². The summed E-state index contributed by atoms with van der Waals surface area (Å²) in [4.78, 5) is 20.5. The predicted molar refractivity (Wildman–Crippen MR) is 150 cm³/mol. The second-order valence-corrected chi connectivity index (χ2v) is 11.8. The molecule has 0 unspecified atom stereocenters. The van der Waals surface area contributed by atoms with Crippen molar-refractivity contribution in [3.8, 4) is 11.1 Å². The average molecular weight is 529 g/mol. The molecule has 1 aromatic carbocycles. The lowest BCUT2D eigenvalue weighted by Gasteiger charge is -2.34. The molecule has 0 amide bonds. The van der Waals surface area contributed by atoms with E-state index in [0.717, 1.165) is 59.2 Å². The first kappa shape index (κ1) is 24.9. The molecule has 1 saturated heterocycles. The minimum atomic E-state index is -0.0615. The highest BCUT2D eigenvalue weighted by Gasteiger charge is 2.47. The Labute approximate surface area is 227 Å². The summed E-state index contributed by atoms with van der Waals surface area (Å²) >= 11 is 0. The minimum absolute atomic E-state index is 0.0554. The van der Waals surface area contributed by atoms with Crippen molar-refractivity contribution >= 4 is 22.1 Å². The van der Waals surface area contributed by atoms with Gasteiger partial charge in [0, 0.05) is 50.4 Å². The van der Waals surface area contributed by atoms with Crippen molar-refractivity contribution in [2.24, 2.45) is 12.5 Å². The molecule has 2 aliphatic carbocycles. The normalized spacial score (nSPS) is 23.1. The van der Waals surface area contributed by atoms with Gasteiger partial charge in [0.15, 0.2) is 5.65 Å². The van der Waals surface area contributed by atoms with Gasteiger partial charge >= 0.3 is 5.69 Å². The van der Waals surface area contributed by atoms with Gasteiger partial charge in [-0.05, 0) is 74.8 Å². The number of methoxy groups -OCH3 is 1. The topological polar surface area (TPSA) is 87.3 Å². The van der Waals surface area contributed by atoms with Crippen LogP contribution in [0.15, 0.2) is 41.3 Å². The summed E-state index contributed by atoms with van der Waals surface area (Å²) in [6, 6.07) is 10.4. The standard InChI is InChI=1S/C30H36N6O3/c1-19(39-13-12-35-11-10-30(18-35)8-9-30)25-6-5-21(17-31-25)20-4-7-26-24(14-20)27-28(33-32-26)34(2)29(37)36(27)22-15-23(16-22)38-3/h4-7,14,17,19,22-23H,8-13,15-16,18H2,1-3H3/t19-,22?,23?/m1/s1. The van der Waals surface area contributed by atoms with Gasteiger partial charge in [-0.15, -0.1) is 10.2 Å². The number of benzene rings is 1. The lowest BCUT2D eigenvalue weighted by Crippen LogP contribution is -2.37. The van der Waals surface area contributed by atoms with Crippen LogP contribution in [-0.4, -0.2) is 68.7 Å². The van der Waals surface area contributed by atoms with Crippen LogP contribution in [0.5, 0.6) is 0 Å². The maximum atomic E-state index is 13.2. The van der Waals surface area contributed by atoms with Gasteiger partial charge in [0.2, 0.25) is 0 Å². The molecule has 0 N–H and O–H groups in total. The molecule has 2 saturated carbocycles. The second kappa shape index (κ2) is 9.50. The Bertz CT molecular complexity index is 1580.